The molecule has 0 spiro atoms. The molecule has 0 radical (unpaired) electrons. The van der Waals surface area contributed by atoms with Gasteiger partial charge in [0.05, 0.1) is 13.7 Å². The largest absolute Gasteiger partial charge is 0.469 e. The standard InChI is InChI=1S/C14H22O4/c1-6-18-13(16)14(4,9-7-11(2)3)10-8-12(15)17-5/h11H,6,8,10H2,1-5H3. The van der Waals surface area contributed by atoms with E-state index in [9.17, 15) is 9.59 Å². The van der Waals surface area contributed by atoms with E-state index in [-0.39, 0.29) is 24.3 Å². The molecule has 0 aromatic carbocycles. The summed E-state index contributed by atoms with van der Waals surface area (Å²) >= 11 is 0. The van der Waals surface area contributed by atoms with E-state index in [4.69, 9.17) is 4.74 Å². The molecule has 1 unspecified atom stereocenters. The average Bonchev–Trinajstić information content (AvgIpc) is 2.33. The van der Waals surface area contributed by atoms with Crippen molar-refractivity contribution < 1.29 is 19.1 Å². The molecule has 0 amide bonds. The fraction of sp³-hybridized carbons (Fsp3) is 0.714. The molecule has 0 saturated carbocycles. The fourth-order valence-electron chi connectivity index (χ4n) is 1.26. The van der Waals surface area contributed by atoms with Crippen molar-refractivity contribution in [1.29, 1.82) is 0 Å². The Morgan fingerprint density at radius 1 is 1.33 bits per heavy atom. The molecular weight excluding hydrogens is 232 g/mol. The molecule has 1 atom stereocenters. The summed E-state index contributed by atoms with van der Waals surface area (Å²) < 4.78 is 9.58. The van der Waals surface area contributed by atoms with Crippen LogP contribution in [0.25, 0.3) is 0 Å². The highest BCUT2D eigenvalue weighted by Gasteiger charge is 2.33. The first-order valence-electron chi connectivity index (χ1n) is 6.12. The highest BCUT2D eigenvalue weighted by atomic mass is 16.5. The first-order valence-corrected chi connectivity index (χ1v) is 6.12. The number of hydrogen-bond donors (Lipinski definition) is 0. The van der Waals surface area contributed by atoms with Gasteiger partial charge in [-0.05, 0) is 20.3 Å². The summed E-state index contributed by atoms with van der Waals surface area (Å²) in [5, 5.41) is 0. The predicted octanol–water partition coefficient (Wildman–Crippen LogP) is 2.17. The van der Waals surface area contributed by atoms with Gasteiger partial charge in [-0.2, -0.15) is 0 Å². The van der Waals surface area contributed by atoms with Gasteiger partial charge in [0.2, 0.25) is 0 Å². The second-order valence-corrected chi connectivity index (χ2v) is 4.55. The Kier molecular flexibility index (Phi) is 7.11. The molecule has 4 nitrogen and oxygen atoms in total. The third-order valence-electron chi connectivity index (χ3n) is 2.42. The number of carbonyl (C=O) groups excluding carboxylic acids is 2. The number of esters is 2. The maximum atomic E-state index is 11.9. The van der Waals surface area contributed by atoms with Crippen LogP contribution >= 0.6 is 0 Å². The van der Waals surface area contributed by atoms with Crippen LogP contribution in [0.1, 0.15) is 40.5 Å². The van der Waals surface area contributed by atoms with Crippen molar-refractivity contribution in [3.05, 3.63) is 0 Å². The molecule has 102 valence electrons. The zero-order chi connectivity index (χ0) is 14.2. The molecule has 0 saturated heterocycles. The summed E-state index contributed by atoms with van der Waals surface area (Å²) in [6, 6.07) is 0. The van der Waals surface area contributed by atoms with Crippen LogP contribution in [0.3, 0.4) is 0 Å². The molecule has 0 aliphatic heterocycles. The van der Waals surface area contributed by atoms with E-state index in [1.54, 1.807) is 13.8 Å². The van der Waals surface area contributed by atoms with Crippen molar-refractivity contribution >= 4 is 11.9 Å². The number of carbonyl (C=O) groups is 2. The molecule has 0 aromatic rings. The van der Waals surface area contributed by atoms with Crippen LogP contribution in [-0.2, 0) is 19.1 Å². The molecule has 0 aromatic heterocycles. The molecule has 18 heavy (non-hydrogen) atoms. The first kappa shape index (κ1) is 16.5. The van der Waals surface area contributed by atoms with Gasteiger partial charge in [-0.25, -0.2) is 0 Å². The molecule has 0 bridgehead atoms. The Hall–Kier alpha value is -1.50. The van der Waals surface area contributed by atoms with Gasteiger partial charge in [-0.15, -0.1) is 0 Å². The summed E-state index contributed by atoms with van der Waals surface area (Å²) in [5.41, 5.74) is -0.950. The van der Waals surface area contributed by atoms with Crippen molar-refractivity contribution in [3.63, 3.8) is 0 Å². The summed E-state index contributed by atoms with van der Waals surface area (Å²) in [6.45, 7) is 7.63. The Labute approximate surface area is 109 Å². The summed E-state index contributed by atoms with van der Waals surface area (Å²) in [6.07, 6.45) is 0.455. The Morgan fingerprint density at radius 3 is 2.39 bits per heavy atom. The lowest BCUT2D eigenvalue weighted by atomic mass is 9.85. The van der Waals surface area contributed by atoms with Crippen LogP contribution in [-0.4, -0.2) is 25.7 Å². The third-order valence-corrected chi connectivity index (χ3v) is 2.42. The van der Waals surface area contributed by atoms with E-state index in [2.05, 4.69) is 16.6 Å². The van der Waals surface area contributed by atoms with Crippen molar-refractivity contribution in [2.24, 2.45) is 11.3 Å². The van der Waals surface area contributed by atoms with Crippen LogP contribution in [0.5, 0.6) is 0 Å². The van der Waals surface area contributed by atoms with E-state index in [1.165, 1.54) is 7.11 Å². The fourth-order valence-corrected chi connectivity index (χ4v) is 1.26. The monoisotopic (exact) mass is 254 g/mol. The van der Waals surface area contributed by atoms with Crippen LogP contribution in [0.15, 0.2) is 0 Å². The van der Waals surface area contributed by atoms with Crippen molar-refractivity contribution in [2.75, 3.05) is 13.7 Å². The molecule has 4 heteroatoms. The molecular formula is C14H22O4. The smallest absolute Gasteiger partial charge is 0.323 e. The minimum atomic E-state index is -0.950. The van der Waals surface area contributed by atoms with Crippen molar-refractivity contribution in [3.8, 4) is 11.8 Å². The second-order valence-electron chi connectivity index (χ2n) is 4.55. The number of ether oxygens (including phenoxy) is 2. The van der Waals surface area contributed by atoms with E-state index in [0.29, 0.717) is 13.0 Å². The zero-order valence-corrected chi connectivity index (χ0v) is 11.8. The molecule has 0 fully saturated rings. The third kappa shape index (κ3) is 5.72. The molecule has 0 aliphatic carbocycles. The highest BCUT2D eigenvalue weighted by molar-refractivity contribution is 5.81. The van der Waals surface area contributed by atoms with Crippen LogP contribution in [0.4, 0.5) is 0 Å². The van der Waals surface area contributed by atoms with Gasteiger partial charge in [0, 0.05) is 12.3 Å². The van der Waals surface area contributed by atoms with E-state index >= 15 is 0 Å². The van der Waals surface area contributed by atoms with Gasteiger partial charge in [-0.1, -0.05) is 25.7 Å². The predicted molar refractivity (Wildman–Crippen MR) is 68.6 cm³/mol. The molecule has 0 N–H and O–H groups in total. The SMILES string of the molecule is CCOC(=O)C(C)(C#CC(C)C)CCC(=O)OC. The van der Waals surface area contributed by atoms with Crippen LogP contribution < -0.4 is 0 Å². The number of rotatable bonds is 5. The van der Waals surface area contributed by atoms with Crippen LogP contribution in [0.2, 0.25) is 0 Å². The van der Waals surface area contributed by atoms with Crippen LogP contribution in [0, 0.1) is 23.2 Å². The Balaban J connectivity index is 4.87. The molecule has 0 heterocycles. The normalized spacial score (nSPS) is 13.2. The number of hydrogen-bond acceptors (Lipinski definition) is 4. The second kappa shape index (κ2) is 7.75. The lowest BCUT2D eigenvalue weighted by Crippen LogP contribution is -2.29. The van der Waals surface area contributed by atoms with Crippen molar-refractivity contribution in [1.82, 2.24) is 0 Å². The van der Waals surface area contributed by atoms with Gasteiger partial charge in [-0.3, -0.25) is 9.59 Å². The number of methoxy groups -OCH3 is 1. The van der Waals surface area contributed by atoms with Gasteiger partial charge < -0.3 is 9.47 Å². The minimum Gasteiger partial charge on any atom is -0.469 e. The lowest BCUT2D eigenvalue weighted by Gasteiger charge is -2.20. The molecule has 0 rings (SSSR count). The van der Waals surface area contributed by atoms with Crippen molar-refractivity contribution in [2.45, 2.75) is 40.5 Å². The van der Waals surface area contributed by atoms with E-state index < -0.39 is 5.41 Å². The van der Waals surface area contributed by atoms with Gasteiger partial charge in [0.15, 0.2) is 0 Å². The zero-order valence-electron chi connectivity index (χ0n) is 11.8. The highest BCUT2D eigenvalue weighted by Crippen LogP contribution is 2.25. The topological polar surface area (TPSA) is 52.6 Å². The average molecular weight is 254 g/mol. The molecule has 0 aliphatic rings. The lowest BCUT2D eigenvalue weighted by molar-refractivity contribution is -0.152. The summed E-state index contributed by atoms with van der Waals surface area (Å²) in [5.74, 6) is 5.32. The van der Waals surface area contributed by atoms with Gasteiger partial charge in [0.25, 0.3) is 0 Å². The maximum absolute atomic E-state index is 11.9. The minimum absolute atomic E-state index is 0.151. The van der Waals surface area contributed by atoms with Gasteiger partial charge in [0.1, 0.15) is 5.41 Å². The first-order chi connectivity index (χ1) is 8.35. The van der Waals surface area contributed by atoms with E-state index in [0.717, 1.165) is 0 Å². The van der Waals surface area contributed by atoms with Gasteiger partial charge >= 0.3 is 11.9 Å². The Bertz CT molecular complexity index is 349. The summed E-state index contributed by atoms with van der Waals surface area (Å²) in [4.78, 5) is 23.1. The Morgan fingerprint density at radius 2 is 1.94 bits per heavy atom. The maximum Gasteiger partial charge on any atom is 0.323 e. The summed E-state index contributed by atoms with van der Waals surface area (Å²) in [7, 11) is 1.32. The quantitative estimate of drug-likeness (QED) is 0.557. The van der Waals surface area contributed by atoms with E-state index in [1.807, 2.05) is 13.8 Å².